The van der Waals surface area contributed by atoms with E-state index in [2.05, 4.69) is 43.5 Å². The first-order valence-electron chi connectivity index (χ1n) is 27.0. The maximum absolute atomic E-state index is 12.4. The lowest BCUT2D eigenvalue weighted by Gasteiger charge is -2.19. The molecule has 0 radical (unpaired) electrons. The third-order valence-electron chi connectivity index (χ3n) is 12.8. The number of fused-ring (bicyclic) bond motifs is 1. The Morgan fingerprint density at radius 2 is 0.821 bits per heavy atom. The fraction of sp³-hybridized carbons (Fsp3) is 0.638. The maximum atomic E-state index is 12.4. The SMILES string of the molecule is CCCCCCCCCCCCOc1cc(COc2ccc3ccc(C=C4C(=O)NC(=O)NC4=O)cc3c2)cc(OCCCCCCCCCCCC)c1OCCCCCCCCCCCC. The van der Waals surface area contributed by atoms with Crippen molar-refractivity contribution in [1.29, 1.82) is 0 Å². The van der Waals surface area contributed by atoms with Gasteiger partial charge in [0, 0.05) is 0 Å². The van der Waals surface area contributed by atoms with Crippen LogP contribution in [-0.2, 0) is 16.2 Å². The highest BCUT2D eigenvalue weighted by molar-refractivity contribution is 6.31. The zero-order chi connectivity index (χ0) is 47.6. The summed E-state index contributed by atoms with van der Waals surface area (Å²) in [5.41, 5.74) is 1.46. The van der Waals surface area contributed by atoms with Gasteiger partial charge in [-0.1, -0.05) is 212 Å². The molecule has 67 heavy (non-hydrogen) atoms. The molecule has 4 rings (SSSR count). The van der Waals surface area contributed by atoms with Gasteiger partial charge in [-0.2, -0.15) is 0 Å². The Morgan fingerprint density at radius 3 is 1.27 bits per heavy atom. The molecule has 0 spiro atoms. The van der Waals surface area contributed by atoms with Crippen LogP contribution in [0.3, 0.4) is 0 Å². The Bertz CT molecular complexity index is 1820. The summed E-state index contributed by atoms with van der Waals surface area (Å²) >= 11 is 0. The second-order valence-electron chi connectivity index (χ2n) is 18.9. The molecule has 0 aliphatic carbocycles. The predicted molar refractivity (Wildman–Crippen MR) is 276 cm³/mol. The smallest absolute Gasteiger partial charge is 0.328 e. The highest BCUT2D eigenvalue weighted by Gasteiger charge is 2.27. The molecule has 1 saturated heterocycles. The van der Waals surface area contributed by atoms with Gasteiger partial charge in [0.1, 0.15) is 17.9 Å². The molecule has 1 aliphatic rings. The summed E-state index contributed by atoms with van der Waals surface area (Å²) in [7, 11) is 0. The normalized spacial score (nSPS) is 12.6. The van der Waals surface area contributed by atoms with E-state index in [1.807, 2.05) is 36.4 Å². The van der Waals surface area contributed by atoms with Gasteiger partial charge in [-0.25, -0.2) is 4.79 Å². The Balaban J connectivity index is 1.44. The van der Waals surface area contributed by atoms with E-state index in [9.17, 15) is 14.4 Å². The number of hydrogen-bond acceptors (Lipinski definition) is 7. The van der Waals surface area contributed by atoms with E-state index in [-0.39, 0.29) is 5.57 Å². The molecule has 3 aromatic rings. The number of urea groups is 1. The zero-order valence-corrected chi connectivity index (χ0v) is 42.1. The van der Waals surface area contributed by atoms with Crippen LogP contribution < -0.4 is 29.6 Å². The second kappa shape index (κ2) is 34.7. The number of imide groups is 2. The van der Waals surface area contributed by atoms with E-state index in [0.717, 1.165) is 66.4 Å². The fourth-order valence-corrected chi connectivity index (χ4v) is 8.74. The van der Waals surface area contributed by atoms with Crippen molar-refractivity contribution in [1.82, 2.24) is 10.6 Å². The lowest BCUT2D eigenvalue weighted by Crippen LogP contribution is -2.51. The van der Waals surface area contributed by atoms with Crippen molar-refractivity contribution < 1.29 is 33.3 Å². The molecular formula is C58H88N2O7. The summed E-state index contributed by atoms with van der Waals surface area (Å²) in [5.74, 6) is 1.38. The monoisotopic (exact) mass is 925 g/mol. The van der Waals surface area contributed by atoms with Crippen LogP contribution in [0, 0.1) is 0 Å². The number of carbonyl (C=O) groups is 3. The van der Waals surface area contributed by atoms with E-state index in [1.54, 1.807) is 0 Å². The van der Waals surface area contributed by atoms with Gasteiger partial charge in [0.25, 0.3) is 11.8 Å². The number of ether oxygens (including phenoxy) is 4. The molecule has 4 amide bonds. The van der Waals surface area contributed by atoms with E-state index in [1.165, 1.54) is 160 Å². The average molecular weight is 925 g/mol. The second-order valence-corrected chi connectivity index (χ2v) is 18.9. The highest BCUT2D eigenvalue weighted by Crippen LogP contribution is 2.40. The molecular weight excluding hydrogens is 837 g/mol. The Kier molecular flexibility index (Phi) is 28.5. The van der Waals surface area contributed by atoms with Gasteiger partial charge in [0.15, 0.2) is 11.5 Å². The third kappa shape index (κ3) is 22.9. The molecule has 0 unspecified atom stereocenters. The summed E-state index contributed by atoms with van der Waals surface area (Å²) in [5, 5.41) is 6.13. The summed E-state index contributed by atoms with van der Waals surface area (Å²) in [6.07, 6.45) is 39.6. The molecule has 9 nitrogen and oxygen atoms in total. The molecule has 0 atom stereocenters. The van der Waals surface area contributed by atoms with E-state index in [4.69, 9.17) is 18.9 Å². The topological polar surface area (TPSA) is 112 Å². The van der Waals surface area contributed by atoms with Gasteiger partial charge in [0.2, 0.25) is 5.75 Å². The van der Waals surface area contributed by atoms with E-state index < -0.39 is 17.8 Å². The molecule has 2 N–H and O–H groups in total. The van der Waals surface area contributed by atoms with Crippen LogP contribution in [0.5, 0.6) is 23.0 Å². The van der Waals surface area contributed by atoms with Crippen LogP contribution in [0.4, 0.5) is 4.79 Å². The Hall–Kier alpha value is -4.53. The van der Waals surface area contributed by atoms with Gasteiger partial charge in [-0.05, 0) is 77.6 Å². The number of nitrogens with one attached hydrogen (secondary N) is 2. The van der Waals surface area contributed by atoms with Crippen molar-refractivity contribution in [2.45, 2.75) is 220 Å². The quantitative estimate of drug-likeness (QED) is 0.0332. The Labute approximate surface area is 405 Å². The third-order valence-corrected chi connectivity index (χ3v) is 12.8. The number of benzene rings is 3. The van der Waals surface area contributed by atoms with Crippen LogP contribution in [0.1, 0.15) is 225 Å². The molecule has 0 aromatic heterocycles. The number of hydrogen-bond donors (Lipinski definition) is 2. The molecule has 1 heterocycles. The number of rotatable bonds is 40. The van der Waals surface area contributed by atoms with Gasteiger partial charge in [-0.15, -0.1) is 0 Å². The summed E-state index contributed by atoms with van der Waals surface area (Å²) in [4.78, 5) is 36.3. The van der Waals surface area contributed by atoms with Gasteiger partial charge >= 0.3 is 6.03 Å². The van der Waals surface area contributed by atoms with Crippen LogP contribution in [0.15, 0.2) is 54.1 Å². The fourth-order valence-electron chi connectivity index (χ4n) is 8.74. The Morgan fingerprint density at radius 1 is 0.418 bits per heavy atom. The maximum Gasteiger partial charge on any atom is 0.328 e. The molecule has 372 valence electrons. The first-order valence-corrected chi connectivity index (χ1v) is 27.0. The van der Waals surface area contributed by atoms with Crippen LogP contribution in [0.2, 0.25) is 0 Å². The minimum Gasteiger partial charge on any atom is -0.490 e. The largest absolute Gasteiger partial charge is 0.490 e. The lowest BCUT2D eigenvalue weighted by molar-refractivity contribution is -0.123. The zero-order valence-electron chi connectivity index (χ0n) is 42.1. The van der Waals surface area contributed by atoms with Crippen molar-refractivity contribution in [2.75, 3.05) is 19.8 Å². The van der Waals surface area contributed by atoms with E-state index >= 15 is 0 Å². The summed E-state index contributed by atoms with van der Waals surface area (Å²) in [6, 6.07) is 14.9. The lowest BCUT2D eigenvalue weighted by atomic mass is 10.0. The minimum absolute atomic E-state index is 0.125. The predicted octanol–water partition coefficient (Wildman–Crippen LogP) is 16.1. The van der Waals surface area contributed by atoms with Crippen molar-refractivity contribution in [3.05, 3.63) is 65.2 Å². The molecule has 9 heteroatoms. The van der Waals surface area contributed by atoms with Crippen molar-refractivity contribution in [3.8, 4) is 23.0 Å². The van der Waals surface area contributed by atoms with Crippen molar-refractivity contribution in [2.24, 2.45) is 0 Å². The van der Waals surface area contributed by atoms with Gasteiger partial charge < -0.3 is 18.9 Å². The van der Waals surface area contributed by atoms with Crippen LogP contribution in [-0.4, -0.2) is 37.7 Å². The molecule has 1 aliphatic heterocycles. The van der Waals surface area contributed by atoms with Crippen molar-refractivity contribution >= 4 is 34.7 Å². The van der Waals surface area contributed by atoms with Gasteiger partial charge in [-0.3, -0.25) is 20.2 Å². The molecule has 1 fully saturated rings. The molecule has 3 aromatic carbocycles. The highest BCUT2D eigenvalue weighted by atomic mass is 16.5. The first-order chi connectivity index (χ1) is 32.9. The summed E-state index contributed by atoms with van der Waals surface area (Å²) < 4.78 is 26.3. The molecule has 0 bridgehead atoms. The van der Waals surface area contributed by atoms with Crippen LogP contribution >= 0.6 is 0 Å². The number of barbiturate groups is 1. The standard InChI is InChI=1S/C58H88N2O7/c1-4-7-10-13-16-19-22-25-28-31-38-64-53-43-48(46-67-51-37-36-49-35-34-47(41-50(49)45-51)42-52-56(61)59-58(63)60-57(52)62)44-54(65-39-32-29-26-23-20-17-14-11-8-5-2)55(53)66-40-33-30-27-24-21-18-15-12-9-6-3/h34-37,41-45H,4-33,38-40,46H2,1-3H3,(H2,59,60,61,62,63). The molecule has 0 saturated carbocycles. The first kappa shape index (κ1) is 55.1. The van der Waals surface area contributed by atoms with Crippen LogP contribution in [0.25, 0.3) is 16.8 Å². The minimum atomic E-state index is -0.820. The number of carbonyl (C=O) groups excluding carboxylic acids is 3. The summed E-state index contributed by atoms with van der Waals surface area (Å²) in [6.45, 7) is 8.98. The number of amides is 4. The van der Waals surface area contributed by atoms with Crippen molar-refractivity contribution in [3.63, 3.8) is 0 Å². The average Bonchev–Trinajstić information content (AvgIpc) is 3.32. The number of unbranched alkanes of at least 4 members (excludes halogenated alkanes) is 27. The van der Waals surface area contributed by atoms with E-state index in [0.29, 0.717) is 43.5 Å². The van der Waals surface area contributed by atoms with Gasteiger partial charge in [0.05, 0.1) is 19.8 Å².